The van der Waals surface area contributed by atoms with E-state index in [9.17, 15) is 10.2 Å². The summed E-state index contributed by atoms with van der Waals surface area (Å²) in [6.45, 7) is 7.37. The summed E-state index contributed by atoms with van der Waals surface area (Å²) in [5.74, 6) is 0.0340. The molecule has 0 saturated carbocycles. The van der Waals surface area contributed by atoms with Gasteiger partial charge in [0.2, 0.25) is 5.79 Å². The number of ether oxygens (including phenoxy) is 7. The third kappa shape index (κ3) is 9.89. The monoisotopic (exact) mass is 664 g/mol. The molecule has 1 fully saturated rings. The molecular weight excluding hydrogens is 612 g/mol. The summed E-state index contributed by atoms with van der Waals surface area (Å²) in [5, 5.41) is 22.5. The highest BCUT2D eigenvalue weighted by Gasteiger charge is 2.58. The van der Waals surface area contributed by atoms with E-state index in [1.165, 1.54) is 7.11 Å². The SMILES string of the molecule is COc1ccc(COC/C=C/C(C)(C)[C@]2(OC)O[C@H](CC(OCc3ccc(OC)cc3)C(C)OCc3ccccc3)C[C@H](O)[C@@H]2O)cc1. The first-order chi connectivity index (χ1) is 23.1. The largest absolute Gasteiger partial charge is 0.497 e. The Labute approximate surface area is 285 Å². The normalized spacial score (nSPS) is 22.8. The highest BCUT2D eigenvalue weighted by molar-refractivity contribution is 5.27. The first-order valence-electron chi connectivity index (χ1n) is 16.5. The zero-order valence-electron chi connectivity index (χ0n) is 29.0. The number of rotatable bonds is 18. The minimum Gasteiger partial charge on any atom is -0.497 e. The van der Waals surface area contributed by atoms with Crippen LogP contribution in [0.3, 0.4) is 0 Å². The molecule has 4 rings (SSSR count). The average Bonchev–Trinajstić information content (AvgIpc) is 3.11. The van der Waals surface area contributed by atoms with Gasteiger partial charge in [-0.2, -0.15) is 0 Å². The maximum atomic E-state index is 11.3. The van der Waals surface area contributed by atoms with Crippen molar-refractivity contribution in [1.82, 2.24) is 0 Å². The maximum absolute atomic E-state index is 11.3. The van der Waals surface area contributed by atoms with Gasteiger partial charge in [0, 0.05) is 25.4 Å². The first-order valence-corrected chi connectivity index (χ1v) is 16.5. The zero-order chi connectivity index (χ0) is 34.6. The second kappa shape index (κ2) is 17.9. The van der Waals surface area contributed by atoms with Crippen molar-refractivity contribution in [3.63, 3.8) is 0 Å². The summed E-state index contributed by atoms with van der Waals surface area (Å²) in [6.07, 6.45) is 0.867. The van der Waals surface area contributed by atoms with Crippen LogP contribution in [0.5, 0.6) is 11.5 Å². The lowest BCUT2D eigenvalue weighted by Crippen LogP contribution is -2.65. The van der Waals surface area contributed by atoms with E-state index in [2.05, 4.69) is 0 Å². The molecule has 0 amide bonds. The van der Waals surface area contributed by atoms with Crippen molar-refractivity contribution in [3.8, 4) is 11.5 Å². The van der Waals surface area contributed by atoms with Crippen LogP contribution in [-0.2, 0) is 43.5 Å². The van der Waals surface area contributed by atoms with Crippen molar-refractivity contribution in [2.45, 2.75) is 89.7 Å². The van der Waals surface area contributed by atoms with Gasteiger partial charge < -0.3 is 43.4 Å². The van der Waals surface area contributed by atoms with E-state index < -0.39 is 29.5 Å². The quantitative estimate of drug-likeness (QED) is 0.121. The van der Waals surface area contributed by atoms with Crippen molar-refractivity contribution in [3.05, 3.63) is 108 Å². The van der Waals surface area contributed by atoms with Crippen LogP contribution in [0, 0.1) is 5.41 Å². The van der Waals surface area contributed by atoms with Gasteiger partial charge in [-0.25, -0.2) is 0 Å². The number of aliphatic hydroxyl groups excluding tert-OH is 2. The summed E-state index contributed by atoms with van der Waals surface area (Å²) >= 11 is 0. The third-order valence-corrected chi connectivity index (χ3v) is 8.98. The third-order valence-electron chi connectivity index (χ3n) is 8.98. The molecule has 0 aliphatic carbocycles. The van der Waals surface area contributed by atoms with Gasteiger partial charge in [0.1, 0.15) is 17.6 Å². The van der Waals surface area contributed by atoms with E-state index in [0.717, 1.165) is 28.2 Å². The van der Waals surface area contributed by atoms with Gasteiger partial charge in [0.05, 0.1) is 65.1 Å². The van der Waals surface area contributed by atoms with Gasteiger partial charge in [-0.05, 0) is 47.9 Å². The Morgan fingerprint density at radius 2 is 1.38 bits per heavy atom. The second-order valence-electron chi connectivity index (χ2n) is 12.8. The lowest BCUT2D eigenvalue weighted by Gasteiger charge is -2.53. The molecule has 1 aliphatic heterocycles. The molecule has 0 aromatic heterocycles. The predicted octanol–water partition coefficient (Wildman–Crippen LogP) is 6.24. The van der Waals surface area contributed by atoms with E-state index in [4.69, 9.17) is 33.2 Å². The fourth-order valence-electron chi connectivity index (χ4n) is 6.04. The van der Waals surface area contributed by atoms with Gasteiger partial charge in [-0.15, -0.1) is 0 Å². The molecule has 3 aromatic rings. The van der Waals surface area contributed by atoms with Gasteiger partial charge in [-0.1, -0.05) is 80.6 Å². The highest BCUT2D eigenvalue weighted by Crippen LogP contribution is 2.45. The van der Waals surface area contributed by atoms with Crippen LogP contribution in [-0.4, -0.2) is 74.5 Å². The maximum Gasteiger partial charge on any atom is 0.205 e. The summed E-state index contributed by atoms with van der Waals surface area (Å²) < 4.78 is 41.8. The Morgan fingerprint density at radius 1 is 0.812 bits per heavy atom. The topological polar surface area (TPSA) is 105 Å². The molecule has 262 valence electrons. The van der Waals surface area contributed by atoms with Crippen molar-refractivity contribution in [2.24, 2.45) is 5.41 Å². The molecular formula is C39H52O9. The molecule has 0 bridgehead atoms. The number of hydrogen-bond donors (Lipinski definition) is 2. The highest BCUT2D eigenvalue weighted by atomic mass is 16.7. The van der Waals surface area contributed by atoms with Crippen LogP contribution < -0.4 is 9.47 Å². The minimum atomic E-state index is -1.53. The van der Waals surface area contributed by atoms with E-state index in [1.807, 2.05) is 112 Å². The van der Waals surface area contributed by atoms with Gasteiger partial charge >= 0.3 is 0 Å². The average molecular weight is 665 g/mol. The Morgan fingerprint density at radius 3 is 1.96 bits per heavy atom. The predicted molar refractivity (Wildman–Crippen MR) is 184 cm³/mol. The van der Waals surface area contributed by atoms with Crippen molar-refractivity contribution in [1.29, 1.82) is 0 Å². The summed E-state index contributed by atoms with van der Waals surface area (Å²) in [6, 6.07) is 25.4. The van der Waals surface area contributed by atoms with E-state index in [-0.39, 0.29) is 18.6 Å². The molecule has 6 atom stereocenters. The van der Waals surface area contributed by atoms with Crippen LogP contribution in [0.2, 0.25) is 0 Å². The molecule has 2 unspecified atom stereocenters. The number of methoxy groups -OCH3 is 3. The van der Waals surface area contributed by atoms with Crippen molar-refractivity contribution >= 4 is 0 Å². The molecule has 0 spiro atoms. The lowest BCUT2D eigenvalue weighted by atomic mass is 9.75. The number of aliphatic hydroxyl groups is 2. The second-order valence-corrected chi connectivity index (χ2v) is 12.8. The lowest BCUT2D eigenvalue weighted by molar-refractivity contribution is -0.367. The van der Waals surface area contributed by atoms with E-state index in [0.29, 0.717) is 32.8 Å². The Balaban J connectivity index is 1.45. The van der Waals surface area contributed by atoms with Gasteiger partial charge in [0.15, 0.2) is 0 Å². The Kier molecular flexibility index (Phi) is 14.0. The van der Waals surface area contributed by atoms with Crippen LogP contribution in [0.15, 0.2) is 91.0 Å². The van der Waals surface area contributed by atoms with E-state index in [1.54, 1.807) is 14.2 Å². The van der Waals surface area contributed by atoms with Gasteiger partial charge in [0.25, 0.3) is 0 Å². The van der Waals surface area contributed by atoms with Crippen LogP contribution >= 0.6 is 0 Å². The minimum absolute atomic E-state index is 0.213. The molecule has 3 aromatic carbocycles. The number of hydrogen-bond acceptors (Lipinski definition) is 9. The number of benzene rings is 3. The van der Waals surface area contributed by atoms with E-state index >= 15 is 0 Å². The molecule has 9 heteroatoms. The molecule has 48 heavy (non-hydrogen) atoms. The Bertz CT molecular complexity index is 1380. The summed E-state index contributed by atoms with van der Waals surface area (Å²) in [4.78, 5) is 0. The van der Waals surface area contributed by atoms with Crippen LogP contribution in [0.1, 0.15) is 50.3 Å². The molecule has 1 aliphatic rings. The Hall–Kier alpha value is -3.28. The molecule has 0 radical (unpaired) electrons. The first kappa shape index (κ1) is 37.5. The van der Waals surface area contributed by atoms with Crippen molar-refractivity contribution in [2.75, 3.05) is 27.9 Å². The fraction of sp³-hybridized carbons (Fsp3) is 0.487. The molecule has 2 N–H and O–H groups in total. The zero-order valence-corrected chi connectivity index (χ0v) is 29.0. The summed E-state index contributed by atoms with van der Waals surface area (Å²) in [7, 11) is 4.77. The molecule has 1 heterocycles. The van der Waals surface area contributed by atoms with Crippen LogP contribution in [0.4, 0.5) is 0 Å². The van der Waals surface area contributed by atoms with Crippen molar-refractivity contribution < 1.29 is 43.4 Å². The standard InChI is InChI=1S/C39H52O9/c1-28(46-26-29-11-8-7-9-12-29)36(47-27-31-15-19-33(43-5)20-16-31)24-34-23-35(40)37(41)39(44-6,48-34)38(2,3)21-10-22-45-25-30-13-17-32(42-4)18-14-30/h7-21,28,34-37,40-41H,22-27H2,1-6H3/b21-10+/t28?,34-,35-,36?,37-,39+/m0/s1. The summed E-state index contributed by atoms with van der Waals surface area (Å²) in [5.41, 5.74) is 2.23. The molecule has 9 nitrogen and oxygen atoms in total. The smallest absolute Gasteiger partial charge is 0.205 e. The van der Waals surface area contributed by atoms with Crippen LogP contribution in [0.25, 0.3) is 0 Å². The fourth-order valence-corrected chi connectivity index (χ4v) is 6.04. The van der Waals surface area contributed by atoms with Gasteiger partial charge in [-0.3, -0.25) is 0 Å². The molecule has 1 saturated heterocycles.